The Morgan fingerprint density at radius 1 is 0.881 bits per heavy atom. The van der Waals surface area contributed by atoms with Gasteiger partial charge in [0.05, 0.1) is 0 Å². The molecule has 0 saturated heterocycles. The van der Waals surface area contributed by atoms with Gasteiger partial charge in [-0.1, -0.05) is 54.6 Å². The Bertz CT molecular complexity index is 1350. The molecule has 1 saturated carbocycles. The van der Waals surface area contributed by atoms with Crippen molar-refractivity contribution in [1.29, 1.82) is 0 Å². The largest absolute Gasteiger partial charge is 0.508 e. The summed E-state index contributed by atoms with van der Waals surface area (Å²) in [5.74, 6) is -0.669. The molecule has 222 valence electrons. The maximum absolute atomic E-state index is 14.5. The van der Waals surface area contributed by atoms with E-state index in [0.717, 1.165) is 12.0 Å². The molecule has 1 aliphatic rings. The first-order chi connectivity index (χ1) is 20.0. The smallest absolute Gasteiger partial charge is 0.408 e. The maximum Gasteiger partial charge on any atom is 0.408 e. The Balaban J connectivity index is 1.69. The number of carbonyl (C=O) groups is 3. The highest BCUT2D eigenvalue weighted by Gasteiger charge is 2.42. The lowest BCUT2D eigenvalue weighted by atomic mass is 9.87. The summed E-state index contributed by atoms with van der Waals surface area (Å²) in [6, 6.07) is 19.9. The molecule has 4 rings (SSSR count). The predicted molar refractivity (Wildman–Crippen MR) is 159 cm³/mol. The first-order valence-electron chi connectivity index (χ1n) is 14.2. The molecule has 9 nitrogen and oxygen atoms in total. The summed E-state index contributed by atoms with van der Waals surface area (Å²) in [5.41, 5.74) is 1.38. The van der Waals surface area contributed by atoms with Crippen molar-refractivity contribution >= 4 is 17.9 Å². The highest BCUT2D eigenvalue weighted by atomic mass is 16.6. The third kappa shape index (κ3) is 8.25. The highest BCUT2D eigenvalue weighted by molar-refractivity contribution is 5.92. The zero-order valence-electron chi connectivity index (χ0n) is 24.2. The van der Waals surface area contributed by atoms with Crippen molar-refractivity contribution < 1.29 is 29.3 Å². The van der Waals surface area contributed by atoms with Crippen LogP contribution in [0, 0.1) is 0 Å². The molecule has 0 bridgehead atoms. The minimum atomic E-state index is -1.05. The Labute approximate surface area is 246 Å². The van der Waals surface area contributed by atoms with Gasteiger partial charge in [-0.25, -0.2) is 4.79 Å². The molecule has 42 heavy (non-hydrogen) atoms. The fourth-order valence-electron chi connectivity index (χ4n) is 4.86. The number of nitrogens with one attached hydrogen (secondary N) is 2. The van der Waals surface area contributed by atoms with Crippen molar-refractivity contribution in [2.75, 3.05) is 0 Å². The first-order valence-corrected chi connectivity index (χ1v) is 14.2. The van der Waals surface area contributed by atoms with Gasteiger partial charge in [0, 0.05) is 19.0 Å². The van der Waals surface area contributed by atoms with Gasteiger partial charge in [-0.05, 0) is 81.0 Å². The number of alkyl carbamates (subject to hydrolysis) is 1. The lowest BCUT2D eigenvalue weighted by Crippen LogP contribution is -2.58. The third-order valence-corrected chi connectivity index (χ3v) is 7.13. The fourth-order valence-corrected chi connectivity index (χ4v) is 4.86. The van der Waals surface area contributed by atoms with Crippen LogP contribution in [0.4, 0.5) is 4.79 Å². The van der Waals surface area contributed by atoms with Crippen molar-refractivity contribution in [2.45, 2.75) is 76.7 Å². The Kier molecular flexibility index (Phi) is 9.72. The lowest BCUT2D eigenvalue weighted by molar-refractivity contribution is -0.147. The van der Waals surface area contributed by atoms with E-state index < -0.39 is 29.7 Å². The van der Waals surface area contributed by atoms with Crippen molar-refractivity contribution in [3.63, 3.8) is 0 Å². The van der Waals surface area contributed by atoms with Crippen LogP contribution in [-0.4, -0.2) is 50.7 Å². The van der Waals surface area contributed by atoms with E-state index in [1.165, 1.54) is 24.3 Å². The average molecular weight is 574 g/mol. The Morgan fingerprint density at radius 2 is 1.48 bits per heavy atom. The van der Waals surface area contributed by atoms with Crippen LogP contribution in [0.15, 0.2) is 78.9 Å². The van der Waals surface area contributed by atoms with Crippen LogP contribution in [0.5, 0.6) is 11.5 Å². The number of aromatic hydroxyl groups is 2. The van der Waals surface area contributed by atoms with Gasteiger partial charge in [0.1, 0.15) is 29.2 Å². The third-order valence-electron chi connectivity index (χ3n) is 7.13. The average Bonchev–Trinajstić information content (AvgIpc) is 2.91. The number of nitrogens with zero attached hydrogens (tertiary/aromatic N) is 1. The highest BCUT2D eigenvalue weighted by Crippen LogP contribution is 2.34. The van der Waals surface area contributed by atoms with E-state index in [1.807, 2.05) is 30.3 Å². The van der Waals surface area contributed by atoms with Crippen LogP contribution in [0.1, 0.15) is 62.8 Å². The summed E-state index contributed by atoms with van der Waals surface area (Å²) in [5, 5.41) is 25.4. The number of hydrogen-bond acceptors (Lipinski definition) is 6. The molecule has 2 unspecified atom stereocenters. The number of rotatable bonds is 10. The molecular formula is C33H39N3O6. The maximum atomic E-state index is 14.5. The van der Waals surface area contributed by atoms with E-state index in [1.54, 1.807) is 49.9 Å². The van der Waals surface area contributed by atoms with Crippen molar-refractivity contribution in [2.24, 2.45) is 0 Å². The summed E-state index contributed by atoms with van der Waals surface area (Å²) in [7, 11) is 0. The summed E-state index contributed by atoms with van der Waals surface area (Å²) in [4.78, 5) is 42.9. The van der Waals surface area contributed by atoms with E-state index >= 15 is 0 Å². The molecule has 0 radical (unpaired) electrons. The molecule has 1 aliphatic carbocycles. The van der Waals surface area contributed by atoms with Crippen LogP contribution in [0.25, 0.3) is 0 Å². The van der Waals surface area contributed by atoms with Crippen LogP contribution < -0.4 is 10.6 Å². The second-order valence-corrected chi connectivity index (χ2v) is 11.6. The van der Waals surface area contributed by atoms with Crippen molar-refractivity contribution in [1.82, 2.24) is 15.5 Å². The molecular weight excluding hydrogens is 534 g/mol. The van der Waals surface area contributed by atoms with Gasteiger partial charge in [0.2, 0.25) is 11.8 Å². The van der Waals surface area contributed by atoms with E-state index in [-0.39, 0.29) is 36.4 Å². The molecule has 9 heteroatoms. The summed E-state index contributed by atoms with van der Waals surface area (Å²) in [6.45, 7) is 5.49. The van der Waals surface area contributed by atoms with E-state index in [2.05, 4.69) is 10.6 Å². The quantitative estimate of drug-likeness (QED) is 0.271. The van der Waals surface area contributed by atoms with Gasteiger partial charge in [-0.3, -0.25) is 9.59 Å². The van der Waals surface area contributed by atoms with Crippen LogP contribution >= 0.6 is 0 Å². The number of hydrogen-bond donors (Lipinski definition) is 4. The van der Waals surface area contributed by atoms with Gasteiger partial charge < -0.3 is 30.5 Å². The second-order valence-electron chi connectivity index (χ2n) is 11.6. The number of benzene rings is 3. The van der Waals surface area contributed by atoms with E-state index in [9.17, 15) is 24.6 Å². The van der Waals surface area contributed by atoms with Gasteiger partial charge >= 0.3 is 6.09 Å². The monoisotopic (exact) mass is 573 g/mol. The van der Waals surface area contributed by atoms with Crippen LogP contribution in [0.3, 0.4) is 0 Å². The molecule has 3 amide bonds. The topological polar surface area (TPSA) is 128 Å². The molecule has 0 spiro atoms. The molecule has 0 aliphatic heterocycles. The van der Waals surface area contributed by atoms with Crippen molar-refractivity contribution in [3.05, 3.63) is 95.6 Å². The fraction of sp³-hybridized carbons (Fsp3) is 0.364. The number of phenolic OH excluding ortho intramolecular Hbond substituents is 2. The molecule has 0 aromatic heterocycles. The zero-order valence-corrected chi connectivity index (χ0v) is 24.2. The molecule has 3 aromatic carbocycles. The number of amides is 3. The molecule has 4 N–H and O–H groups in total. The minimum Gasteiger partial charge on any atom is -0.508 e. The second kappa shape index (κ2) is 13.4. The van der Waals surface area contributed by atoms with E-state index in [0.29, 0.717) is 24.0 Å². The number of carbonyl (C=O) groups excluding carboxylic acids is 3. The lowest BCUT2D eigenvalue weighted by Gasteiger charge is -2.43. The number of ether oxygens (including phenoxy) is 1. The normalized spacial score (nSPS) is 14.6. The zero-order chi connectivity index (χ0) is 30.3. The summed E-state index contributed by atoms with van der Waals surface area (Å²) >= 11 is 0. The Hall–Kier alpha value is -4.53. The Morgan fingerprint density at radius 3 is 2.02 bits per heavy atom. The van der Waals surface area contributed by atoms with E-state index in [4.69, 9.17) is 4.74 Å². The van der Waals surface area contributed by atoms with Crippen LogP contribution in [0.2, 0.25) is 0 Å². The summed E-state index contributed by atoms with van der Waals surface area (Å²) < 4.78 is 5.48. The number of phenols is 2. The van der Waals surface area contributed by atoms with Gasteiger partial charge in [0.15, 0.2) is 0 Å². The molecule has 1 fully saturated rings. The predicted octanol–water partition coefficient (Wildman–Crippen LogP) is 4.97. The molecule has 3 aromatic rings. The van der Waals surface area contributed by atoms with Crippen LogP contribution in [-0.2, 0) is 27.3 Å². The van der Waals surface area contributed by atoms with Gasteiger partial charge in [-0.2, -0.15) is 0 Å². The van der Waals surface area contributed by atoms with Gasteiger partial charge in [0.25, 0.3) is 0 Å². The molecule has 2 atom stereocenters. The summed E-state index contributed by atoms with van der Waals surface area (Å²) in [6.07, 6.45) is 1.71. The molecule has 0 heterocycles. The standard InChI is InChI=1S/C33H39N3O6/c1-33(2,3)42-32(41)35-28(20-22-12-16-26(37)17-13-22)31(40)36(25-10-7-11-25)29(24-14-18-27(38)19-15-24)30(39)34-21-23-8-5-4-6-9-23/h4-6,8-9,12-19,25,28-29,37-38H,7,10-11,20-21H2,1-3H3,(H,34,39)(H,35,41). The first kappa shape index (κ1) is 30.4. The minimum absolute atomic E-state index is 0.0421. The SMILES string of the molecule is CC(C)(C)OC(=O)NC(Cc1ccc(O)cc1)C(=O)N(C1CCC1)C(C(=O)NCc1ccccc1)c1ccc(O)cc1. The van der Waals surface area contributed by atoms with Crippen molar-refractivity contribution in [3.8, 4) is 11.5 Å². The van der Waals surface area contributed by atoms with Gasteiger partial charge in [-0.15, -0.1) is 0 Å².